The second kappa shape index (κ2) is 6.61. The van der Waals surface area contributed by atoms with Crippen LogP contribution in [0.1, 0.15) is 22.0 Å². The number of rotatable bonds is 4. The highest BCUT2D eigenvalue weighted by molar-refractivity contribution is 7.10. The van der Waals surface area contributed by atoms with E-state index >= 15 is 0 Å². The molecule has 3 aromatic rings. The van der Waals surface area contributed by atoms with Gasteiger partial charge in [0.2, 0.25) is 5.91 Å². The van der Waals surface area contributed by atoms with Gasteiger partial charge in [-0.05, 0) is 44.5 Å². The van der Waals surface area contributed by atoms with E-state index in [9.17, 15) is 4.79 Å². The highest BCUT2D eigenvalue weighted by Crippen LogP contribution is 2.27. The zero-order valence-electron chi connectivity index (χ0n) is 14.4. The number of hydrogen-bond acceptors (Lipinski definition) is 3. The van der Waals surface area contributed by atoms with E-state index in [2.05, 4.69) is 41.8 Å². The van der Waals surface area contributed by atoms with Gasteiger partial charge >= 0.3 is 0 Å². The van der Waals surface area contributed by atoms with Gasteiger partial charge in [0.15, 0.2) is 0 Å². The first kappa shape index (κ1) is 16.5. The van der Waals surface area contributed by atoms with Crippen LogP contribution >= 0.6 is 11.3 Å². The topological polar surface area (TPSA) is 46.9 Å². The molecular weight excluding hydrogens is 318 g/mol. The van der Waals surface area contributed by atoms with Crippen molar-refractivity contribution in [2.45, 2.75) is 27.2 Å². The second-order valence-electron chi connectivity index (χ2n) is 6.06. The van der Waals surface area contributed by atoms with Gasteiger partial charge in [0, 0.05) is 35.1 Å². The van der Waals surface area contributed by atoms with Crippen LogP contribution in [0.3, 0.4) is 0 Å². The first-order valence-electron chi connectivity index (χ1n) is 7.88. The molecule has 0 spiro atoms. The number of anilines is 1. The van der Waals surface area contributed by atoms with Crippen LogP contribution in [0, 0.1) is 20.8 Å². The summed E-state index contributed by atoms with van der Waals surface area (Å²) in [5.74, 6) is -0.0394. The van der Waals surface area contributed by atoms with Gasteiger partial charge in [0.1, 0.15) is 5.01 Å². The number of carbonyl (C=O) groups is 1. The zero-order chi connectivity index (χ0) is 17.3. The van der Waals surface area contributed by atoms with Crippen molar-refractivity contribution < 1.29 is 4.79 Å². The molecule has 1 aromatic carbocycles. The van der Waals surface area contributed by atoms with Gasteiger partial charge in [-0.3, -0.25) is 4.79 Å². The first-order chi connectivity index (χ1) is 11.4. The number of nitrogens with one attached hydrogen (secondary N) is 1. The lowest BCUT2D eigenvalue weighted by Crippen LogP contribution is -2.14. The quantitative estimate of drug-likeness (QED) is 0.772. The Labute approximate surface area is 146 Å². The van der Waals surface area contributed by atoms with Gasteiger partial charge < -0.3 is 9.88 Å². The molecule has 5 heteroatoms. The molecule has 0 fully saturated rings. The smallest absolute Gasteiger partial charge is 0.231 e. The monoisotopic (exact) mass is 339 g/mol. The summed E-state index contributed by atoms with van der Waals surface area (Å²) in [6.45, 7) is 6.18. The standard InChI is InChI=1S/C19H21N3OS/c1-12-6-5-7-15(8-12)20-18(23)10-19-21-17(11-24-19)16-9-13(2)22(4)14(16)3/h5-9,11H,10H2,1-4H3,(H,20,23). The Kier molecular flexibility index (Phi) is 4.53. The van der Waals surface area contributed by atoms with E-state index in [4.69, 9.17) is 0 Å². The largest absolute Gasteiger partial charge is 0.351 e. The number of amides is 1. The Morgan fingerprint density at radius 2 is 2.04 bits per heavy atom. The van der Waals surface area contributed by atoms with E-state index in [1.165, 1.54) is 22.7 Å². The molecule has 1 amide bonds. The lowest BCUT2D eigenvalue weighted by atomic mass is 10.2. The van der Waals surface area contributed by atoms with Crippen molar-refractivity contribution in [1.82, 2.24) is 9.55 Å². The van der Waals surface area contributed by atoms with Crippen molar-refractivity contribution in [2.75, 3.05) is 5.32 Å². The maximum absolute atomic E-state index is 12.2. The molecule has 0 saturated carbocycles. The molecular formula is C19H21N3OS. The maximum atomic E-state index is 12.2. The minimum Gasteiger partial charge on any atom is -0.351 e. The fraction of sp³-hybridized carbons (Fsp3) is 0.263. The average Bonchev–Trinajstić information content (AvgIpc) is 3.07. The van der Waals surface area contributed by atoms with Crippen molar-refractivity contribution in [3.05, 3.63) is 57.7 Å². The lowest BCUT2D eigenvalue weighted by molar-refractivity contribution is -0.115. The molecule has 2 heterocycles. The number of benzene rings is 1. The highest BCUT2D eigenvalue weighted by Gasteiger charge is 2.13. The molecule has 0 radical (unpaired) electrons. The van der Waals surface area contributed by atoms with Gasteiger partial charge in [-0.2, -0.15) is 0 Å². The SMILES string of the molecule is Cc1cccc(NC(=O)Cc2nc(-c3cc(C)n(C)c3C)cs2)c1. The van der Waals surface area contributed by atoms with E-state index in [0.717, 1.165) is 27.5 Å². The van der Waals surface area contributed by atoms with E-state index in [1.807, 2.05) is 36.6 Å². The molecule has 4 nitrogen and oxygen atoms in total. The molecule has 2 aromatic heterocycles. The fourth-order valence-electron chi connectivity index (χ4n) is 2.70. The van der Waals surface area contributed by atoms with E-state index in [1.54, 1.807) is 0 Å². The van der Waals surface area contributed by atoms with Crippen LogP contribution in [-0.2, 0) is 18.3 Å². The van der Waals surface area contributed by atoms with Gasteiger partial charge in [0.05, 0.1) is 12.1 Å². The Hall–Kier alpha value is -2.40. The zero-order valence-corrected chi connectivity index (χ0v) is 15.2. The molecule has 0 unspecified atom stereocenters. The number of aromatic nitrogens is 2. The number of nitrogens with zero attached hydrogens (tertiary/aromatic N) is 2. The summed E-state index contributed by atoms with van der Waals surface area (Å²) >= 11 is 1.53. The minimum absolute atomic E-state index is 0.0394. The molecule has 0 aliphatic carbocycles. The van der Waals surface area contributed by atoms with Crippen LogP contribution in [0.25, 0.3) is 11.3 Å². The van der Waals surface area contributed by atoms with Gasteiger partial charge in [-0.25, -0.2) is 4.98 Å². The van der Waals surface area contributed by atoms with Crippen LogP contribution in [0.5, 0.6) is 0 Å². The third-order valence-corrected chi connectivity index (χ3v) is 5.07. The van der Waals surface area contributed by atoms with Crippen molar-refractivity contribution in [2.24, 2.45) is 7.05 Å². The normalized spacial score (nSPS) is 10.8. The van der Waals surface area contributed by atoms with Crippen LogP contribution in [0.15, 0.2) is 35.7 Å². The van der Waals surface area contributed by atoms with Gasteiger partial charge in [0.25, 0.3) is 0 Å². The molecule has 1 N–H and O–H groups in total. The van der Waals surface area contributed by atoms with E-state index in [-0.39, 0.29) is 5.91 Å². The summed E-state index contributed by atoms with van der Waals surface area (Å²) in [5, 5.41) is 5.78. The third-order valence-electron chi connectivity index (χ3n) is 4.22. The molecule has 24 heavy (non-hydrogen) atoms. The maximum Gasteiger partial charge on any atom is 0.231 e. The number of thiazole rings is 1. The minimum atomic E-state index is -0.0394. The van der Waals surface area contributed by atoms with Crippen molar-refractivity contribution in [3.63, 3.8) is 0 Å². The molecule has 124 valence electrons. The Bertz CT molecular complexity index is 892. The third kappa shape index (κ3) is 3.41. The summed E-state index contributed by atoms with van der Waals surface area (Å²) in [7, 11) is 2.05. The number of aryl methyl sites for hydroxylation is 2. The van der Waals surface area contributed by atoms with Crippen molar-refractivity contribution in [3.8, 4) is 11.3 Å². The number of hydrogen-bond donors (Lipinski definition) is 1. The molecule has 0 saturated heterocycles. The van der Waals surface area contributed by atoms with Crippen LogP contribution in [0.2, 0.25) is 0 Å². The Morgan fingerprint density at radius 1 is 1.25 bits per heavy atom. The molecule has 0 bridgehead atoms. The fourth-order valence-corrected chi connectivity index (χ4v) is 3.49. The summed E-state index contributed by atoms with van der Waals surface area (Å²) in [6, 6.07) is 9.94. The van der Waals surface area contributed by atoms with Crippen LogP contribution in [-0.4, -0.2) is 15.5 Å². The summed E-state index contributed by atoms with van der Waals surface area (Å²) in [6.07, 6.45) is 0.295. The Balaban J connectivity index is 1.72. The molecule has 0 aliphatic rings. The molecule has 3 rings (SSSR count). The highest BCUT2D eigenvalue weighted by atomic mass is 32.1. The van der Waals surface area contributed by atoms with E-state index in [0.29, 0.717) is 6.42 Å². The van der Waals surface area contributed by atoms with Crippen LogP contribution < -0.4 is 5.32 Å². The van der Waals surface area contributed by atoms with Crippen molar-refractivity contribution >= 4 is 22.9 Å². The predicted octanol–water partition coefficient (Wildman–Crippen LogP) is 4.26. The van der Waals surface area contributed by atoms with E-state index < -0.39 is 0 Å². The first-order valence-corrected chi connectivity index (χ1v) is 8.76. The summed E-state index contributed by atoms with van der Waals surface area (Å²) in [4.78, 5) is 16.9. The molecule has 0 aliphatic heterocycles. The molecule has 0 atom stereocenters. The summed E-state index contributed by atoms with van der Waals surface area (Å²) in [5.41, 5.74) is 6.42. The lowest BCUT2D eigenvalue weighted by Gasteiger charge is -2.04. The van der Waals surface area contributed by atoms with Gasteiger partial charge in [-0.15, -0.1) is 11.3 Å². The summed E-state index contributed by atoms with van der Waals surface area (Å²) < 4.78 is 2.15. The number of carbonyl (C=O) groups excluding carboxylic acids is 1. The van der Waals surface area contributed by atoms with Gasteiger partial charge in [-0.1, -0.05) is 12.1 Å². The van der Waals surface area contributed by atoms with Crippen LogP contribution in [0.4, 0.5) is 5.69 Å². The van der Waals surface area contributed by atoms with Crippen molar-refractivity contribution in [1.29, 1.82) is 0 Å². The predicted molar refractivity (Wildman–Crippen MR) is 99.5 cm³/mol. The average molecular weight is 339 g/mol. The Morgan fingerprint density at radius 3 is 2.71 bits per heavy atom. The second-order valence-corrected chi connectivity index (χ2v) is 7.01.